The molecule has 22 heavy (non-hydrogen) atoms. The van der Waals surface area contributed by atoms with E-state index in [1.54, 1.807) is 0 Å². The Bertz CT molecular complexity index is 661. The van der Waals surface area contributed by atoms with E-state index in [1.807, 2.05) is 0 Å². The molecule has 1 aliphatic rings. The number of nitrogens with zero attached hydrogens (tertiary/aromatic N) is 2. The molecule has 0 amide bonds. The maximum absolute atomic E-state index is 3.89. The Balaban J connectivity index is 2.10. The van der Waals surface area contributed by atoms with Crippen LogP contribution in [0, 0.1) is 0 Å². The fourth-order valence-electron chi connectivity index (χ4n) is 3.81. The second kappa shape index (κ2) is 5.43. The van der Waals surface area contributed by atoms with Gasteiger partial charge in [-0.1, -0.05) is 18.2 Å². The molecule has 2 heterocycles. The highest BCUT2D eigenvalue weighted by atomic mass is 28.3. The SMILES string of the molecule is CC(C)(C)N[Si](C)(C)n1cc(N2CCCC2)c2ccccc21. The first-order chi connectivity index (χ1) is 10.3. The number of nitrogens with one attached hydrogen (secondary N) is 1. The fraction of sp³-hybridized carbons (Fsp3) is 0.556. The van der Waals surface area contributed by atoms with Crippen molar-refractivity contribution in [1.29, 1.82) is 0 Å². The summed E-state index contributed by atoms with van der Waals surface area (Å²) >= 11 is 0. The summed E-state index contributed by atoms with van der Waals surface area (Å²) in [6.45, 7) is 14.0. The van der Waals surface area contributed by atoms with Crippen LogP contribution in [0.25, 0.3) is 10.9 Å². The minimum absolute atomic E-state index is 0.134. The highest BCUT2D eigenvalue weighted by Gasteiger charge is 2.31. The topological polar surface area (TPSA) is 20.2 Å². The lowest BCUT2D eigenvalue weighted by molar-refractivity contribution is 0.508. The monoisotopic (exact) mass is 315 g/mol. The molecule has 3 nitrogen and oxygen atoms in total. The average Bonchev–Trinajstić information content (AvgIpc) is 3.02. The number of anilines is 1. The molecule has 1 aliphatic heterocycles. The summed E-state index contributed by atoms with van der Waals surface area (Å²) in [5, 5.41) is 1.40. The zero-order chi connectivity index (χ0) is 16.0. The molecule has 4 heteroatoms. The second-order valence-electron chi connectivity index (χ2n) is 8.03. The third-order valence-electron chi connectivity index (χ3n) is 4.42. The van der Waals surface area contributed by atoms with Gasteiger partial charge in [-0.2, -0.15) is 0 Å². The summed E-state index contributed by atoms with van der Waals surface area (Å²) in [6.07, 6.45) is 5.04. The van der Waals surface area contributed by atoms with Crippen LogP contribution >= 0.6 is 0 Å². The third kappa shape index (κ3) is 2.95. The quantitative estimate of drug-likeness (QED) is 0.858. The highest BCUT2D eigenvalue weighted by Crippen LogP contribution is 2.33. The van der Waals surface area contributed by atoms with Crippen molar-refractivity contribution >= 4 is 25.0 Å². The molecule has 0 spiro atoms. The van der Waals surface area contributed by atoms with Gasteiger partial charge < -0.3 is 14.1 Å². The number of hydrogen-bond donors (Lipinski definition) is 1. The molecule has 0 saturated carbocycles. The fourth-order valence-corrected chi connectivity index (χ4v) is 7.01. The molecule has 2 aromatic rings. The van der Waals surface area contributed by atoms with Crippen molar-refractivity contribution in [3.8, 4) is 0 Å². The Morgan fingerprint density at radius 3 is 2.32 bits per heavy atom. The molecular formula is C18H29N3Si. The summed E-state index contributed by atoms with van der Waals surface area (Å²) in [4.78, 5) is 6.45. The highest BCUT2D eigenvalue weighted by molar-refractivity contribution is 6.74. The summed E-state index contributed by atoms with van der Waals surface area (Å²) in [6, 6.07) is 8.88. The summed E-state index contributed by atoms with van der Waals surface area (Å²) in [5.41, 5.74) is 2.93. The lowest BCUT2D eigenvalue weighted by Crippen LogP contribution is -2.58. The Kier molecular flexibility index (Phi) is 3.85. The summed E-state index contributed by atoms with van der Waals surface area (Å²) in [5.74, 6) is 0. The predicted molar refractivity (Wildman–Crippen MR) is 99.2 cm³/mol. The van der Waals surface area contributed by atoms with Gasteiger partial charge in [0, 0.05) is 35.7 Å². The van der Waals surface area contributed by atoms with Gasteiger partial charge in [-0.15, -0.1) is 0 Å². The molecule has 0 unspecified atom stereocenters. The van der Waals surface area contributed by atoms with Crippen LogP contribution in [0.4, 0.5) is 5.69 Å². The molecule has 0 radical (unpaired) electrons. The molecule has 120 valence electrons. The van der Waals surface area contributed by atoms with Crippen molar-refractivity contribution in [3.63, 3.8) is 0 Å². The van der Waals surface area contributed by atoms with Crippen LogP contribution in [-0.2, 0) is 0 Å². The van der Waals surface area contributed by atoms with Crippen molar-refractivity contribution < 1.29 is 0 Å². The van der Waals surface area contributed by atoms with Gasteiger partial charge in [-0.3, -0.25) is 0 Å². The van der Waals surface area contributed by atoms with E-state index in [1.165, 1.54) is 42.5 Å². The largest absolute Gasteiger partial charge is 0.370 e. The number of hydrogen-bond acceptors (Lipinski definition) is 2. The van der Waals surface area contributed by atoms with E-state index in [9.17, 15) is 0 Å². The Hall–Kier alpha value is -1.26. The van der Waals surface area contributed by atoms with Crippen molar-refractivity contribution in [2.24, 2.45) is 0 Å². The predicted octanol–water partition coefficient (Wildman–Crippen LogP) is 4.18. The van der Waals surface area contributed by atoms with E-state index in [4.69, 9.17) is 0 Å². The normalized spacial score (nSPS) is 16.7. The molecule has 0 bridgehead atoms. The lowest BCUT2D eigenvalue weighted by Gasteiger charge is -2.34. The minimum atomic E-state index is -1.77. The molecule has 1 aromatic heterocycles. The maximum atomic E-state index is 3.89. The molecular weight excluding hydrogens is 286 g/mol. The maximum Gasteiger partial charge on any atom is 0.231 e. The molecule has 1 N–H and O–H groups in total. The summed E-state index contributed by atoms with van der Waals surface area (Å²) < 4.78 is 2.54. The molecule has 1 saturated heterocycles. The smallest absolute Gasteiger partial charge is 0.231 e. The average molecular weight is 316 g/mol. The van der Waals surface area contributed by atoms with E-state index in [2.05, 4.69) is 78.4 Å². The van der Waals surface area contributed by atoms with E-state index >= 15 is 0 Å². The van der Waals surface area contributed by atoms with Crippen LogP contribution in [-0.4, -0.2) is 31.3 Å². The number of rotatable bonds is 3. The van der Waals surface area contributed by atoms with Gasteiger partial charge in [0.2, 0.25) is 8.40 Å². The van der Waals surface area contributed by atoms with Crippen LogP contribution < -0.4 is 9.88 Å². The van der Waals surface area contributed by atoms with Gasteiger partial charge in [0.15, 0.2) is 0 Å². The van der Waals surface area contributed by atoms with Gasteiger partial charge in [0.25, 0.3) is 0 Å². The summed E-state index contributed by atoms with van der Waals surface area (Å²) in [7, 11) is -1.77. The van der Waals surface area contributed by atoms with E-state index < -0.39 is 8.40 Å². The third-order valence-corrected chi connectivity index (χ3v) is 7.36. The number of aromatic nitrogens is 1. The van der Waals surface area contributed by atoms with Crippen molar-refractivity contribution in [2.75, 3.05) is 18.0 Å². The van der Waals surface area contributed by atoms with Crippen molar-refractivity contribution in [1.82, 2.24) is 9.22 Å². The van der Waals surface area contributed by atoms with Gasteiger partial charge in [0.05, 0.1) is 5.69 Å². The molecule has 1 aromatic carbocycles. The van der Waals surface area contributed by atoms with Gasteiger partial charge in [-0.25, -0.2) is 0 Å². The molecule has 3 rings (SSSR count). The zero-order valence-electron chi connectivity index (χ0n) is 14.6. The second-order valence-corrected chi connectivity index (χ2v) is 11.9. The van der Waals surface area contributed by atoms with Crippen molar-refractivity contribution in [2.45, 2.75) is 52.2 Å². The van der Waals surface area contributed by atoms with E-state index in [-0.39, 0.29) is 5.54 Å². The minimum Gasteiger partial charge on any atom is -0.370 e. The lowest BCUT2D eigenvalue weighted by atomic mass is 10.1. The Morgan fingerprint density at radius 1 is 1.05 bits per heavy atom. The van der Waals surface area contributed by atoms with Gasteiger partial charge in [0.1, 0.15) is 0 Å². The first kappa shape index (κ1) is 15.6. The molecule has 0 aliphatic carbocycles. The van der Waals surface area contributed by atoms with Crippen LogP contribution in [0.1, 0.15) is 33.6 Å². The van der Waals surface area contributed by atoms with Crippen molar-refractivity contribution in [3.05, 3.63) is 30.5 Å². The molecule has 0 atom stereocenters. The zero-order valence-corrected chi connectivity index (χ0v) is 15.6. The molecule has 1 fully saturated rings. The number of fused-ring (bicyclic) bond motifs is 1. The first-order valence-corrected chi connectivity index (χ1v) is 11.4. The van der Waals surface area contributed by atoms with Crippen LogP contribution in [0.5, 0.6) is 0 Å². The van der Waals surface area contributed by atoms with E-state index in [0.29, 0.717) is 0 Å². The van der Waals surface area contributed by atoms with Gasteiger partial charge >= 0.3 is 0 Å². The van der Waals surface area contributed by atoms with Crippen LogP contribution in [0.2, 0.25) is 13.1 Å². The number of para-hydroxylation sites is 1. The van der Waals surface area contributed by atoms with E-state index in [0.717, 1.165) is 0 Å². The van der Waals surface area contributed by atoms with Crippen LogP contribution in [0.15, 0.2) is 30.5 Å². The van der Waals surface area contributed by atoms with Crippen LogP contribution in [0.3, 0.4) is 0 Å². The Morgan fingerprint density at radius 2 is 1.68 bits per heavy atom. The van der Waals surface area contributed by atoms with Gasteiger partial charge in [-0.05, 0) is 52.8 Å². The standard InChI is InChI=1S/C18H29N3Si/c1-18(2,3)19-22(4,5)21-14-17(20-12-8-9-13-20)15-10-6-7-11-16(15)21/h6-7,10-11,14,19H,8-9,12-13H2,1-5H3. The number of benzene rings is 1. The first-order valence-electron chi connectivity index (χ1n) is 8.43. The Labute approximate surface area is 135 Å².